The molecule has 1 atom stereocenters. The lowest BCUT2D eigenvalue weighted by atomic mass is 9.95. The first-order chi connectivity index (χ1) is 10.8. The fraction of sp³-hybridized carbons (Fsp3) is 0.765. The van der Waals surface area contributed by atoms with Crippen molar-refractivity contribution in [2.45, 2.75) is 38.5 Å². The summed E-state index contributed by atoms with van der Waals surface area (Å²) >= 11 is 0. The summed E-state index contributed by atoms with van der Waals surface area (Å²) in [6, 6.07) is 2.15. The van der Waals surface area contributed by atoms with Gasteiger partial charge in [0, 0.05) is 38.9 Å². The first kappa shape index (κ1) is 14.2. The topological polar surface area (TPSA) is 52.5 Å². The second kappa shape index (κ2) is 5.69. The van der Waals surface area contributed by atoms with Gasteiger partial charge in [-0.15, -0.1) is 0 Å². The standard InChI is InChI=1S/C17H26N4O/c22-11-14-3-1-7-20(10-14)15-9-16(19-13-18-15)21-8-2-4-17(12-21)5-6-17/h9,13-14,22H,1-8,10-12H2. The van der Waals surface area contributed by atoms with E-state index >= 15 is 0 Å². The van der Waals surface area contributed by atoms with Gasteiger partial charge in [0.15, 0.2) is 0 Å². The summed E-state index contributed by atoms with van der Waals surface area (Å²) in [4.78, 5) is 13.8. The van der Waals surface area contributed by atoms with E-state index in [1.54, 1.807) is 6.33 Å². The third kappa shape index (κ3) is 2.78. The molecule has 1 spiro atoms. The second-order valence-electron chi connectivity index (χ2n) is 7.40. The average molecular weight is 302 g/mol. The van der Waals surface area contributed by atoms with E-state index in [2.05, 4.69) is 25.8 Å². The van der Waals surface area contributed by atoms with Crippen molar-refractivity contribution in [1.82, 2.24) is 9.97 Å². The molecule has 0 aromatic carbocycles. The van der Waals surface area contributed by atoms with Crippen LogP contribution in [0.1, 0.15) is 38.5 Å². The van der Waals surface area contributed by atoms with E-state index in [0.29, 0.717) is 11.3 Å². The van der Waals surface area contributed by atoms with Gasteiger partial charge in [-0.1, -0.05) is 0 Å². The van der Waals surface area contributed by atoms with Crippen molar-refractivity contribution in [3.05, 3.63) is 12.4 Å². The van der Waals surface area contributed by atoms with Crippen LogP contribution in [0.4, 0.5) is 11.6 Å². The van der Waals surface area contributed by atoms with Crippen LogP contribution in [-0.4, -0.2) is 47.9 Å². The molecule has 5 nitrogen and oxygen atoms in total. The molecule has 0 amide bonds. The lowest BCUT2D eigenvalue weighted by molar-refractivity contribution is 0.208. The molecule has 1 aromatic heterocycles. The quantitative estimate of drug-likeness (QED) is 0.926. The molecular formula is C17H26N4O. The Balaban J connectivity index is 1.50. The molecule has 4 rings (SSSR count). The maximum Gasteiger partial charge on any atom is 0.134 e. The van der Waals surface area contributed by atoms with E-state index in [1.807, 2.05) is 0 Å². The van der Waals surface area contributed by atoms with Crippen LogP contribution in [-0.2, 0) is 0 Å². The monoisotopic (exact) mass is 302 g/mol. The van der Waals surface area contributed by atoms with Crippen LogP contribution in [0.2, 0.25) is 0 Å². The van der Waals surface area contributed by atoms with Crippen LogP contribution in [0, 0.1) is 11.3 Å². The fourth-order valence-corrected chi connectivity index (χ4v) is 4.09. The second-order valence-corrected chi connectivity index (χ2v) is 7.40. The van der Waals surface area contributed by atoms with Gasteiger partial charge in [-0.2, -0.15) is 0 Å². The summed E-state index contributed by atoms with van der Waals surface area (Å²) in [5.41, 5.74) is 0.608. The highest BCUT2D eigenvalue weighted by Crippen LogP contribution is 2.52. The maximum absolute atomic E-state index is 9.41. The van der Waals surface area contributed by atoms with Crippen LogP contribution >= 0.6 is 0 Å². The molecule has 1 N–H and O–H groups in total. The predicted octanol–water partition coefficient (Wildman–Crippen LogP) is 2.07. The Labute approximate surface area is 132 Å². The van der Waals surface area contributed by atoms with E-state index in [0.717, 1.165) is 44.1 Å². The van der Waals surface area contributed by atoms with Crippen LogP contribution in [0.5, 0.6) is 0 Å². The summed E-state index contributed by atoms with van der Waals surface area (Å²) in [7, 11) is 0. The fourth-order valence-electron chi connectivity index (χ4n) is 4.09. The van der Waals surface area contributed by atoms with Crippen LogP contribution in [0.15, 0.2) is 12.4 Å². The Morgan fingerprint density at radius 1 is 1.09 bits per heavy atom. The summed E-state index contributed by atoms with van der Waals surface area (Å²) in [5, 5.41) is 9.41. The average Bonchev–Trinajstić information content (AvgIpc) is 3.33. The van der Waals surface area contributed by atoms with Gasteiger partial charge in [0.2, 0.25) is 0 Å². The highest BCUT2D eigenvalue weighted by atomic mass is 16.3. The number of aromatic nitrogens is 2. The number of aliphatic hydroxyl groups is 1. The Morgan fingerprint density at radius 3 is 2.64 bits per heavy atom. The number of piperidine rings is 2. The molecule has 3 aliphatic rings. The van der Waals surface area contributed by atoms with Crippen molar-refractivity contribution in [3.63, 3.8) is 0 Å². The number of anilines is 2. The Hall–Kier alpha value is -1.36. The van der Waals surface area contributed by atoms with E-state index in [1.165, 1.54) is 32.2 Å². The Morgan fingerprint density at radius 2 is 1.86 bits per heavy atom. The zero-order valence-corrected chi connectivity index (χ0v) is 13.2. The molecular weight excluding hydrogens is 276 g/mol. The molecule has 1 aromatic rings. The molecule has 2 saturated heterocycles. The lowest BCUT2D eigenvalue weighted by Gasteiger charge is -2.35. The van der Waals surface area contributed by atoms with Gasteiger partial charge < -0.3 is 14.9 Å². The Kier molecular flexibility index (Phi) is 3.68. The zero-order chi connectivity index (χ0) is 15.0. The zero-order valence-electron chi connectivity index (χ0n) is 13.2. The molecule has 120 valence electrons. The van der Waals surface area contributed by atoms with Gasteiger partial charge in [0.1, 0.15) is 18.0 Å². The first-order valence-electron chi connectivity index (χ1n) is 8.71. The van der Waals surface area contributed by atoms with E-state index < -0.39 is 0 Å². The third-order valence-electron chi connectivity index (χ3n) is 5.68. The minimum Gasteiger partial charge on any atom is -0.396 e. The maximum atomic E-state index is 9.41. The number of rotatable bonds is 3. The highest BCUT2D eigenvalue weighted by molar-refractivity contribution is 5.51. The number of nitrogens with zero attached hydrogens (tertiary/aromatic N) is 4. The minimum absolute atomic E-state index is 0.281. The van der Waals surface area contributed by atoms with Gasteiger partial charge in [0.05, 0.1) is 0 Å². The summed E-state index contributed by atoms with van der Waals surface area (Å²) in [6.07, 6.45) is 9.44. The van der Waals surface area contributed by atoms with E-state index in [9.17, 15) is 5.11 Å². The first-order valence-corrected chi connectivity index (χ1v) is 8.71. The van der Waals surface area contributed by atoms with Gasteiger partial charge >= 0.3 is 0 Å². The molecule has 0 radical (unpaired) electrons. The highest BCUT2D eigenvalue weighted by Gasteiger charge is 2.45. The van der Waals surface area contributed by atoms with E-state index in [-0.39, 0.29) is 6.61 Å². The molecule has 1 saturated carbocycles. The van der Waals surface area contributed by atoms with Crippen LogP contribution in [0.3, 0.4) is 0 Å². The third-order valence-corrected chi connectivity index (χ3v) is 5.68. The molecule has 0 bridgehead atoms. The number of hydrogen-bond donors (Lipinski definition) is 1. The molecule has 2 aliphatic heterocycles. The molecule has 1 unspecified atom stereocenters. The minimum atomic E-state index is 0.281. The molecule has 3 fully saturated rings. The number of aliphatic hydroxyl groups excluding tert-OH is 1. The van der Waals surface area contributed by atoms with Gasteiger partial charge in [0.25, 0.3) is 0 Å². The molecule has 3 heterocycles. The van der Waals surface area contributed by atoms with Crippen LogP contribution < -0.4 is 9.80 Å². The van der Waals surface area contributed by atoms with Gasteiger partial charge in [-0.3, -0.25) is 0 Å². The van der Waals surface area contributed by atoms with Crippen molar-refractivity contribution in [2.24, 2.45) is 11.3 Å². The van der Waals surface area contributed by atoms with Crippen molar-refractivity contribution >= 4 is 11.6 Å². The summed E-state index contributed by atoms with van der Waals surface area (Å²) < 4.78 is 0. The summed E-state index contributed by atoms with van der Waals surface area (Å²) in [6.45, 7) is 4.52. The van der Waals surface area contributed by atoms with Crippen molar-refractivity contribution in [3.8, 4) is 0 Å². The predicted molar refractivity (Wildman–Crippen MR) is 87.2 cm³/mol. The van der Waals surface area contributed by atoms with Gasteiger partial charge in [-0.05, 0) is 49.9 Å². The summed E-state index contributed by atoms with van der Waals surface area (Å²) in [5.74, 6) is 2.50. The van der Waals surface area contributed by atoms with Crippen molar-refractivity contribution < 1.29 is 5.11 Å². The van der Waals surface area contributed by atoms with Crippen LogP contribution in [0.25, 0.3) is 0 Å². The SMILES string of the molecule is OCC1CCCN(c2cc(N3CCCC4(CC4)C3)ncn2)C1. The Bertz CT molecular complexity index is 531. The largest absolute Gasteiger partial charge is 0.396 e. The van der Waals surface area contributed by atoms with Crippen molar-refractivity contribution in [1.29, 1.82) is 0 Å². The molecule has 5 heteroatoms. The van der Waals surface area contributed by atoms with Crippen molar-refractivity contribution in [2.75, 3.05) is 42.6 Å². The molecule has 1 aliphatic carbocycles. The smallest absolute Gasteiger partial charge is 0.134 e. The molecule has 22 heavy (non-hydrogen) atoms. The van der Waals surface area contributed by atoms with E-state index in [4.69, 9.17) is 0 Å². The lowest BCUT2D eigenvalue weighted by Crippen LogP contribution is -2.39. The normalized spacial score (nSPS) is 27.2. The number of hydrogen-bond acceptors (Lipinski definition) is 5. The van der Waals surface area contributed by atoms with Gasteiger partial charge in [-0.25, -0.2) is 9.97 Å².